The number of amides is 2. The van der Waals surface area contributed by atoms with Crippen molar-refractivity contribution in [3.8, 4) is 17.3 Å². The largest absolute Gasteiger partial charge is 0.494 e. The number of carbonyl (C=O) groups excluding carboxylic acids is 1. The van der Waals surface area contributed by atoms with E-state index in [4.69, 9.17) is 21.4 Å². The van der Waals surface area contributed by atoms with Crippen molar-refractivity contribution in [2.24, 2.45) is 0 Å². The van der Waals surface area contributed by atoms with Crippen LogP contribution in [0.2, 0.25) is 5.02 Å². The number of aryl methyl sites for hydroxylation is 1. The van der Waals surface area contributed by atoms with E-state index in [9.17, 15) is 4.79 Å². The van der Waals surface area contributed by atoms with Crippen LogP contribution in [0.1, 0.15) is 35.5 Å². The summed E-state index contributed by atoms with van der Waals surface area (Å²) in [5.74, 6) is 1.69. The minimum atomic E-state index is -0.385. The normalized spacial score (nSPS) is 14.3. The molecule has 0 fully saturated rings. The Kier molecular flexibility index (Phi) is 6.59. The van der Waals surface area contributed by atoms with E-state index >= 15 is 0 Å². The van der Waals surface area contributed by atoms with E-state index in [0.29, 0.717) is 23.9 Å². The number of fused-ring (bicyclic) bond motifs is 3. The van der Waals surface area contributed by atoms with Gasteiger partial charge in [0.05, 0.1) is 36.3 Å². The second kappa shape index (κ2) is 10.3. The molecule has 0 saturated carbocycles. The SMILES string of the molecule is CCOc1cccc(C2c3cccn3-c3c(c(C)nn3-c3ccccc3)CN2C(=O)Nc2ccc(Cl)cc2)c1. The Bertz CT molecular complexity index is 1620. The maximum absolute atomic E-state index is 14.0. The third kappa shape index (κ3) is 4.66. The van der Waals surface area contributed by atoms with Crippen molar-refractivity contribution in [3.63, 3.8) is 0 Å². The van der Waals surface area contributed by atoms with Crippen LogP contribution in [0.15, 0.2) is 97.2 Å². The third-order valence-corrected chi connectivity index (χ3v) is 7.18. The fourth-order valence-corrected chi connectivity index (χ4v) is 5.30. The van der Waals surface area contributed by atoms with Gasteiger partial charge in [0.1, 0.15) is 11.6 Å². The fraction of sp³-hybridized carbons (Fsp3) is 0.161. The van der Waals surface area contributed by atoms with Gasteiger partial charge in [-0.3, -0.25) is 0 Å². The lowest BCUT2D eigenvalue weighted by atomic mass is 10.0. The van der Waals surface area contributed by atoms with E-state index in [2.05, 4.69) is 16.0 Å². The Morgan fingerprint density at radius 2 is 1.82 bits per heavy atom. The number of para-hydroxylation sites is 1. The molecule has 1 N–H and O–H groups in total. The minimum absolute atomic E-state index is 0.225. The molecule has 6 rings (SSSR count). The molecule has 196 valence electrons. The average molecular weight is 538 g/mol. The van der Waals surface area contributed by atoms with Crippen LogP contribution in [0.5, 0.6) is 5.75 Å². The molecule has 0 radical (unpaired) electrons. The molecule has 0 bridgehead atoms. The van der Waals surface area contributed by atoms with Gasteiger partial charge in [-0.15, -0.1) is 0 Å². The second-order valence-electron chi connectivity index (χ2n) is 9.41. The van der Waals surface area contributed by atoms with Crippen molar-refractivity contribution < 1.29 is 9.53 Å². The number of halogens is 1. The molecule has 1 atom stereocenters. The van der Waals surface area contributed by atoms with Gasteiger partial charge >= 0.3 is 6.03 Å². The summed E-state index contributed by atoms with van der Waals surface area (Å²) in [5.41, 5.74) is 5.37. The highest BCUT2D eigenvalue weighted by Crippen LogP contribution is 2.39. The van der Waals surface area contributed by atoms with Gasteiger partial charge in [-0.1, -0.05) is 41.9 Å². The first-order chi connectivity index (χ1) is 19.0. The fourth-order valence-electron chi connectivity index (χ4n) is 5.17. The van der Waals surface area contributed by atoms with Crippen LogP contribution in [-0.2, 0) is 6.54 Å². The molecule has 2 aromatic heterocycles. The minimum Gasteiger partial charge on any atom is -0.494 e. The number of benzene rings is 3. The molecular formula is C31H28ClN5O2. The van der Waals surface area contributed by atoms with Crippen LogP contribution in [0.4, 0.5) is 10.5 Å². The highest BCUT2D eigenvalue weighted by Gasteiger charge is 2.36. The number of rotatable bonds is 5. The highest BCUT2D eigenvalue weighted by atomic mass is 35.5. The third-order valence-electron chi connectivity index (χ3n) is 6.93. The molecule has 0 saturated heterocycles. The van der Waals surface area contributed by atoms with Crippen molar-refractivity contribution in [3.05, 3.63) is 125 Å². The predicted octanol–water partition coefficient (Wildman–Crippen LogP) is 7.16. The van der Waals surface area contributed by atoms with E-state index < -0.39 is 0 Å². The number of ether oxygens (including phenoxy) is 1. The Labute approximate surface area is 232 Å². The first kappa shape index (κ1) is 24.8. The molecular weight excluding hydrogens is 510 g/mol. The summed E-state index contributed by atoms with van der Waals surface area (Å²) in [5, 5.41) is 8.60. The van der Waals surface area contributed by atoms with Crippen molar-refractivity contribution >= 4 is 23.3 Å². The Hall–Kier alpha value is -4.49. The molecule has 2 amide bonds. The molecule has 3 aromatic carbocycles. The molecule has 5 aromatic rings. The zero-order chi connectivity index (χ0) is 26.9. The number of hydrogen-bond acceptors (Lipinski definition) is 3. The molecule has 7 nitrogen and oxygen atoms in total. The highest BCUT2D eigenvalue weighted by molar-refractivity contribution is 6.30. The van der Waals surface area contributed by atoms with Crippen LogP contribution in [-0.4, -0.2) is 31.9 Å². The van der Waals surface area contributed by atoms with E-state index in [1.54, 1.807) is 24.3 Å². The molecule has 39 heavy (non-hydrogen) atoms. The van der Waals surface area contributed by atoms with E-state index in [1.165, 1.54) is 0 Å². The first-order valence-electron chi connectivity index (χ1n) is 12.9. The van der Waals surface area contributed by atoms with Gasteiger partial charge < -0.3 is 19.5 Å². The van der Waals surface area contributed by atoms with Crippen LogP contribution >= 0.6 is 11.6 Å². The maximum atomic E-state index is 14.0. The number of aromatic nitrogens is 3. The Balaban J connectivity index is 1.53. The summed E-state index contributed by atoms with van der Waals surface area (Å²) in [4.78, 5) is 15.9. The van der Waals surface area contributed by atoms with E-state index in [1.807, 2.05) is 90.3 Å². The van der Waals surface area contributed by atoms with Crippen molar-refractivity contribution in [1.29, 1.82) is 0 Å². The summed E-state index contributed by atoms with van der Waals surface area (Å²) in [7, 11) is 0. The number of urea groups is 1. The molecule has 0 spiro atoms. The van der Waals surface area contributed by atoms with Crippen molar-refractivity contribution in [1.82, 2.24) is 19.2 Å². The topological polar surface area (TPSA) is 64.3 Å². The summed E-state index contributed by atoms with van der Waals surface area (Å²) in [6, 6.07) is 28.6. The predicted molar refractivity (Wildman–Crippen MR) is 153 cm³/mol. The molecule has 8 heteroatoms. The van der Waals surface area contributed by atoms with Crippen molar-refractivity contribution in [2.75, 3.05) is 11.9 Å². The summed E-state index contributed by atoms with van der Waals surface area (Å²) >= 11 is 6.09. The van der Waals surface area contributed by atoms with Crippen molar-refractivity contribution in [2.45, 2.75) is 26.4 Å². The van der Waals surface area contributed by atoms with Gasteiger partial charge in [0, 0.05) is 22.5 Å². The summed E-state index contributed by atoms with van der Waals surface area (Å²) in [6.45, 7) is 4.87. The zero-order valence-corrected chi connectivity index (χ0v) is 22.5. The van der Waals surface area contributed by atoms with Crippen LogP contribution in [0.25, 0.3) is 11.5 Å². The average Bonchev–Trinajstić information content (AvgIpc) is 3.51. The second-order valence-corrected chi connectivity index (χ2v) is 9.85. The summed E-state index contributed by atoms with van der Waals surface area (Å²) < 4.78 is 9.94. The summed E-state index contributed by atoms with van der Waals surface area (Å²) in [6.07, 6.45) is 2.04. The molecule has 0 aliphatic carbocycles. The van der Waals surface area contributed by atoms with Gasteiger partial charge in [-0.25, -0.2) is 9.48 Å². The van der Waals surface area contributed by atoms with Gasteiger partial charge in [0.25, 0.3) is 0 Å². The van der Waals surface area contributed by atoms with Gasteiger partial charge in [-0.05, 0) is 80.1 Å². The van der Waals surface area contributed by atoms with Crippen LogP contribution in [0, 0.1) is 6.92 Å². The monoisotopic (exact) mass is 537 g/mol. The molecule has 3 heterocycles. The number of nitrogens with one attached hydrogen (secondary N) is 1. The van der Waals surface area contributed by atoms with Gasteiger partial charge in [0.2, 0.25) is 0 Å². The number of nitrogens with zero attached hydrogens (tertiary/aromatic N) is 4. The standard InChI is InChI=1S/C31H28ClN5O2/c1-3-39-26-12-7-9-22(19-26)29-28-13-8-18-35(28)30-27(21(2)34-37(30)25-10-5-4-6-11-25)20-36(29)31(38)33-24-16-14-23(32)15-17-24/h4-19,29H,3,20H2,1-2H3,(H,33,38). The first-order valence-corrected chi connectivity index (χ1v) is 13.3. The number of hydrogen-bond donors (Lipinski definition) is 1. The molecule has 1 aliphatic rings. The van der Waals surface area contributed by atoms with Crippen LogP contribution < -0.4 is 10.1 Å². The van der Waals surface area contributed by atoms with E-state index in [0.717, 1.165) is 39.8 Å². The number of anilines is 1. The maximum Gasteiger partial charge on any atom is 0.322 e. The Morgan fingerprint density at radius 3 is 2.59 bits per heavy atom. The smallest absolute Gasteiger partial charge is 0.322 e. The lowest BCUT2D eigenvalue weighted by Gasteiger charge is -2.31. The lowest BCUT2D eigenvalue weighted by Crippen LogP contribution is -2.38. The van der Waals surface area contributed by atoms with Gasteiger partial charge in [0.15, 0.2) is 0 Å². The zero-order valence-electron chi connectivity index (χ0n) is 21.7. The number of carbonyl (C=O) groups is 1. The molecule has 1 unspecified atom stereocenters. The Morgan fingerprint density at radius 1 is 1.03 bits per heavy atom. The molecule has 1 aliphatic heterocycles. The van der Waals surface area contributed by atoms with Crippen LogP contribution in [0.3, 0.4) is 0 Å². The van der Waals surface area contributed by atoms with Gasteiger partial charge in [-0.2, -0.15) is 5.10 Å². The van der Waals surface area contributed by atoms with E-state index in [-0.39, 0.29) is 12.1 Å². The quantitative estimate of drug-likeness (QED) is 0.259. The lowest BCUT2D eigenvalue weighted by molar-refractivity contribution is 0.194.